The lowest BCUT2D eigenvalue weighted by Gasteiger charge is -2.23. The highest BCUT2D eigenvalue weighted by atomic mass is 16.5. The molecule has 3 nitrogen and oxygen atoms in total. The van der Waals surface area contributed by atoms with Gasteiger partial charge in [0.25, 0.3) is 0 Å². The van der Waals surface area contributed by atoms with E-state index in [1.807, 2.05) is 13.8 Å². The molecular weight excluding hydrogens is 168 g/mol. The quantitative estimate of drug-likeness (QED) is 0.470. The third-order valence-electron chi connectivity index (χ3n) is 2.46. The van der Waals surface area contributed by atoms with Crippen LogP contribution in [0.2, 0.25) is 0 Å². The second-order valence-corrected chi connectivity index (χ2v) is 3.17. The van der Waals surface area contributed by atoms with E-state index in [9.17, 15) is 9.59 Å². The minimum atomic E-state index is -0.508. The Morgan fingerprint density at radius 2 is 1.85 bits per heavy atom. The highest BCUT2D eigenvalue weighted by molar-refractivity contribution is 5.76. The van der Waals surface area contributed by atoms with Crippen LogP contribution < -0.4 is 0 Å². The molecule has 0 amide bonds. The first-order chi connectivity index (χ1) is 6.14. The highest BCUT2D eigenvalue weighted by Gasteiger charge is 2.29. The minimum Gasteiger partial charge on any atom is -0.466 e. The van der Waals surface area contributed by atoms with Gasteiger partial charge in [0.15, 0.2) is 0 Å². The predicted molar refractivity (Wildman–Crippen MR) is 50.3 cm³/mol. The zero-order valence-corrected chi connectivity index (χ0v) is 8.63. The van der Waals surface area contributed by atoms with Crippen LogP contribution in [0.5, 0.6) is 0 Å². The molecule has 0 unspecified atom stereocenters. The molecule has 0 N–H and O–H groups in total. The lowest BCUT2D eigenvalue weighted by Crippen LogP contribution is -2.25. The lowest BCUT2D eigenvalue weighted by molar-refractivity contribution is -0.147. The molecule has 0 spiro atoms. The van der Waals surface area contributed by atoms with Gasteiger partial charge in [-0.15, -0.1) is 0 Å². The van der Waals surface area contributed by atoms with Crippen LogP contribution in [-0.2, 0) is 14.3 Å². The van der Waals surface area contributed by atoms with Crippen LogP contribution in [0, 0.1) is 5.41 Å². The molecule has 0 aromatic heterocycles. The second kappa shape index (κ2) is 5.73. The summed E-state index contributed by atoms with van der Waals surface area (Å²) in [5, 5.41) is 0. The number of esters is 1. The zero-order valence-electron chi connectivity index (χ0n) is 8.63. The van der Waals surface area contributed by atoms with Crippen molar-refractivity contribution in [3.05, 3.63) is 0 Å². The first kappa shape index (κ1) is 12.1. The first-order valence-corrected chi connectivity index (χ1v) is 4.76. The summed E-state index contributed by atoms with van der Waals surface area (Å²) in [5.41, 5.74) is -0.508. The van der Waals surface area contributed by atoms with E-state index in [4.69, 9.17) is 4.74 Å². The molecule has 0 bridgehead atoms. The summed E-state index contributed by atoms with van der Waals surface area (Å²) in [6, 6.07) is 0. The molecule has 0 fully saturated rings. The molecule has 13 heavy (non-hydrogen) atoms. The number of hydrogen-bond donors (Lipinski definition) is 0. The average Bonchev–Trinajstić information content (AvgIpc) is 2.15. The largest absolute Gasteiger partial charge is 0.466 e. The van der Waals surface area contributed by atoms with Crippen LogP contribution in [0.25, 0.3) is 0 Å². The van der Waals surface area contributed by atoms with Gasteiger partial charge in [-0.05, 0) is 19.8 Å². The van der Waals surface area contributed by atoms with Gasteiger partial charge in [-0.2, -0.15) is 0 Å². The molecule has 0 atom stereocenters. The van der Waals surface area contributed by atoms with Gasteiger partial charge < -0.3 is 9.53 Å². The van der Waals surface area contributed by atoms with Crippen LogP contribution in [0.3, 0.4) is 0 Å². The molecule has 0 aliphatic rings. The molecule has 0 heterocycles. The van der Waals surface area contributed by atoms with Crippen LogP contribution in [0.4, 0.5) is 0 Å². The molecule has 76 valence electrons. The summed E-state index contributed by atoms with van der Waals surface area (Å²) in [4.78, 5) is 22.0. The van der Waals surface area contributed by atoms with Crippen molar-refractivity contribution in [1.29, 1.82) is 0 Å². The summed E-state index contributed by atoms with van der Waals surface area (Å²) in [6.07, 6.45) is 2.46. The van der Waals surface area contributed by atoms with Gasteiger partial charge in [-0.1, -0.05) is 13.8 Å². The Hall–Kier alpha value is -0.860. The number of carbonyl (C=O) groups is 2. The Balaban J connectivity index is 4.24. The van der Waals surface area contributed by atoms with E-state index in [0.29, 0.717) is 19.4 Å². The minimum absolute atomic E-state index is 0.206. The molecule has 0 aromatic carbocycles. The van der Waals surface area contributed by atoms with Crippen molar-refractivity contribution in [1.82, 2.24) is 0 Å². The van der Waals surface area contributed by atoms with E-state index in [1.54, 1.807) is 6.92 Å². The van der Waals surface area contributed by atoms with Gasteiger partial charge >= 0.3 is 5.97 Å². The molecule has 0 aromatic rings. The topological polar surface area (TPSA) is 43.4 Å². The fourth-order valence-electron chi connectivity index (χ4n) is 1.21. The van der Waals surface area contributed by atoms with Gasteiger partial charge in [0.1, 0.15) is 6.29 Å². The maximum atomic E-state index is 11.2. The van der Waals surface area contributed by atoms with E-state index in [0.717, 1.165) is 6.29 Å². The standard InChI is InChI=1S/C10H18O3/c1-4-10(5-2,8-11)7-9(12)13-6-3/h8H,4-7H2,1-3H3. The molecule has 0 aliphatic carbocycles. The Kier molecular flexibility index (Phi) is 5.35. The molecular formula is C10H18O3. The third kappa shape index (κ3) is 3.57. The van der Waals surface area contributed by atoms with Crippen molar-refractivity contribution in [2.75, 3.05) is 6.61 Å². The van der Waals surface area contributed by atoms with E-state index in [2.05, 4.69) is 0 Å². The molecule has 3 heteroatoms. The van der Waals surface area contributed by atoms with Crippen molar-refractivity contribution in [2.45, 2.75) is 40.0 Å². The van der Waals surface area contributed by atoms with Gasteiger partial charge in [-0.25, -0.2) is 0 Å². The summed E-state index contributed by atoms with van der Waals surface area (Å²) in [6.45, 7) is 5.97. The van der Waals surface area contributed by atoms with Crippen LogP contribution in [0.1, 0.15) is 40.0 Å². The smallest absolute Gasteiger partial charge is 0.306 e. The fraction of sp³-hybridized carbons (Fsp3) is 0.800. The Labute approximate surface area is 79.5 Å². The maximum Gasteiger partial charge on any atom is 0.306 e. The molecule has 0 radical (unpaired) electrons. The van der Waals surface area contributed by atoms with Crippen LogP contribution >= 0.6 is 0 Å². The van der Waals surface area contributed by atoms with Gasteiger partial charge in [0.2, 0.25) is 0 Å². The monoisotopic (exact) mass is 186 g/mol. The van der Waals surface area contributed by atoms with Gasteiger partial charge in [0, 0.05) is 5.41 Å². The average molecular weight is 186 g/mol. The second-order valence-electron chi connectivity index (χ2n) is 3.17. The normalized spacial score (nSPS) is 11.0. The third-order valence-corrected chi connectivity index (χ3v) is 2.46. The van der Waals surface area contributed by atoms with Crippen LogP contribution in [-0.4, -0.2) is 18.9 Å². The summed E-state index contributed by atoms with van der Waals surface area (Å²) in [5.74, 6) is -0.279. The van der Waals surface area contributed by atoms with E-state index in [1.165, 1.54) is 0 Å². The van der Waals surface area contributed by atoms with Gasteiger partial charge in [0.05, 0.1) is 13.0 Å². The van der Waals surface area contributed by atoms with E-state index < -0.39 is 5.41 Å². The predicted octanol–water partition coefficient (Wildman–Crippen LogP) is 1.94. The Morgan fingerprint density at radius 3 is 2.15 bits per heavy atom. The van der Waals surface area contributed by atoms with E-state index in [-0.39, 0.29) is 12.4 Å². The summed E-state index contributed by atoms with van der Waals surface area (Å²) >= 11 is 0. The highest BCUT2D eigenvalue weighted by Crippen LogP contribution is 2.28. The van der Waals surface area contributed by atoms with Crippen molar-refractivity contribution >= 4 is 12.3 Å². The zero-order chi connectivity index (χ0) is 10.3. The van der Waals surface area contributed by atoms with Crippen LogP contribution in [0.15, 0.2) is 0 Å². The van der Waals surface area contributed by atoms with Crippen molar-refractivity contribution in [3.8, 4) is 0 Å². The number of aldehydes is 1. The SMILES string of the molecule is CCOC(=O)CC(C=O)(CC)CC. The first-order valence-electron chi connectivity index (χ1n) is 4.76. The summed E-state index contributed by atoms with van der Waals surface area (Å²) in [7, 11) is 0. The molecule has 0 saturated carbocycles. The number of carbonyl (C=O) groups excluding carboxylic acids is 2. The summed E-state index contributed by atoms with van der Waals surface area (Å²) < 4.78 is 4.81. The van der Waals surface area contributed by atoms with Crippen molar-refractivity contribution in [2.24, 2.45) is 5.41 Å². The Bertz CT molecular complexity index is 171. The van der Waals surface area contributed by atoms with Crippen molar-refractivity contribution in [3.63, 3.8) is 0 Å². The number of hydrogen-bond acceptors (Lipinski definition) is 3. The van der Waals surface area contributed by atoms with E-state index >= 15 is 0 Å². The molecule has 0 rings (SSSR count). The van der Waals surface area contributed by atoms with Gasteiger partial charge in [-0.3, -0.25) is 4.79 Å². The number of ether oxygens (including phenoxy) is 1. The lowest BCUT2D eigenvalue weighted by atomic mass is 9.81. The Morgan fingerprint density at radius 1 is 1.31 bits per heavy atom. The fourth-order valence-corrected chi connectivity index (χ4v) is 1.21. The molecule has 0 aliphatic heterocycles. The number of rotatable bonds is 6. The molecule has 0 saturated heterocycles. The maximum absolute atomic E-state index is 11.2. The van der Waals surface area contributed by atoms with Crippen molar-refractivity contribution < 1.29 is 14.3 Å².